The molecule has 1 aromatic rings. The second-order valence-corrected chi connectivity index (χ2v) is 5.43. The second-order valence-electron chi connectivity index (χ2n) is 4.52. The molecule has 1 rings (SSSR count). The lowest BCUT2D eigenvalue weighted by atomic mass is 10.1. The van der Waals surface area contributed by atoms with Gasteiger partial charge < -0.3 is 20.5 Å². The largest absolute Gasteiger partial charge is 0.495 e. The highest BCUT2D eigenvalue weighted by Crippen LogP contribution is 2.31. The van der Waals surface area contributed by atoms with E-state index in [1.54, 1.807) is 13.2 Å². The molecule has 1 aromatic carbocycles. The average Bonchev–Trinajstić information content (AvgIpc) is 2.40. The number of halogens is 1. The van der Waals surface area contributed by atoms with E-state index in [1.165, 1.54) is 0 Å². The van der Waals surface area contributed by atoms with Crippen LogP contribution in [0.25, 0.3) is 0 Å². The molecule has 0 aromatic heterocycles. The fourth-order valence-electron chi connectivity index (χ4n) is 1.90. The number of carbonyl (C=O) groups is 1. The van der Waals surface area contributed by atoms with E-state index in [9.17, 15) is 4.79 Å². The Kier molecular flexibility index (Phi) is 6.81. The van der Waals surface area contributed by atoms with Crippen molar-refractivity contribution in [1.82, 2.24) is 5.32 Å². The summed E-state index contributed by atoms with van der Waals surface area (Å²) in [7, 11) is 1.56. The first-order valence-electron chi connectivity index (χ1n) is 6.54. The summed E-state index contributed by atoms with van der Waals surface area (Å²) in [5.74, 6) is 0.599. The van der Waals surface area contributed by atoms with E-state index in [2.05, 4.69) is 26.6 Å². The van der Waals surface area contributed by atoms with Crippen molar-refractivity contribution >= 4 is 27.6 Å². The lowest BCUT2D eigenvalue weighted by Crippen LogP contribution is -2.38. The topological polar surface area (TPSA) is 70.6 Å². The Morgan fingerprint density at radius 3 is 2.75 bits per heavy atom. The number of methoxy groups -OCH3 is 1. The van der Waals surface area contributed by atoms with Gasteiger partial charge in [-0.2, -0.15) is 0 Å². The van der Waals surface area contributed by atoms with Crippen molar-refractivity contribution in [3.05, 3.63) is 22.2 Å². The van der Waals surface area contributed by atoms with Crippen LogP contribution in [0.3, 0.4) is 0 Å². The van der Waals surface area contributed by atoms with Crippen LogP contribution >= 0.6 is 15.9 Å². The number of aliphatic hydroxyl groups excluding tert-OH is 1. The standard InChI is InChI=1S/C14H21BrN2O3/c1-4-11(5-6-18)16-14(19)17-13-9(2)7-10(15)8-12(13)20-3/h7-8,11,18H,4-6H2,1-3H3,(H2,16,17,19)/t11-/m1/s1. The number of hydrogen-bond donors (Lipinski definition) is 3. The molecule has 0 saturated carbocycles. The summed E-state index contributed by atoms with van der Waals surface area (Å²) in [5, 5.41) is 14.6. The van der Waals surface area contributed by atoms with Crippen molar-refractivity contribution < 1.29 is 14.6 Å². The van der Waals surface area contributed by atoms with Gasteiger partial charge in [0.05, 0.1) is 12.8 Å². The van der Waals surface area contributed by atoms with Gasteiger partial charge in [0.15, 0.2) is 0 Å². The monoisotopic (exact) mass is 344 g/mol. The molecule has 0 unspecified atom stereocenters. The van der Waals surface area contributed by atoms with Crippen molar-refractivity contribution in [2.45, 2.75) is 32.7 Å². The third kappa shape index (κ3) is 4.68. The van der Waals surface area contributed by atoms with Crippen molar-refractivity contribution in [2.75, 3.05) is 19.0 Å². The summed E-state index contributed by atoms with van der Waals surface area (Å²) >= 11 is 3.39. The van der Waals surface area contributed by atoms with E-state index in [-0.39, 0.29) is 18.7 Å². The van der Waals surface area contributed by atoms with Gasteiger partial charge in [0.25, 0.3) is 0 Å². The van der Waals surface area contributed by atoms with Crippen LogP contribution in [0.1, 0.15) is 25.3 Å². The number of carbonyl (C=O) groups excluding carboxylic acids is 1. The SMILES string of the molecule is CC[C@H](CCO)NC(=O)Nc1c(C)cc(Br)cc1OC. The molecular weight excluding hydrogens is 324 g/mol. The summed E-state index contributed by atoms with van der Waals surface area (Å²) in [6, 6.07) is 3.37. The Hall–Kier alpha value is -1.27. The summed E-state index contributed by atoms with van der Waals surface area (Å²) in [6.07, 6.45) is 1.31. The van der Waals surface area contributed by atoms with Crippen molar-refractivity contribution in [1.29, 1.82) is 0 Å². The number of rotatable bonds is 6. The third-order valence-corrected chi connectivity index (χ3v) is 3.49. The van der Waals surface area contributed by atoms with E-state index in [0.717, 1.165) is 16.5 Å². The van der Waals surface area contributed by atoms with Crippen LogP contribution in [0.15, 0.2) is 16.6 Å². The van der Waals surface area contributed by atoms with Crippen LogP contribution in [-0.2, 0) is 0 Å². The Balaban J connectivity index is 2.80. The van der Waals surface area contributed by atoms with Gasteiger partial charge in [-0.1, -0.05) is 22.9 Å². The lowest BCUT2D eigenvalue weighted by Gasteiger charge is -2.18. The van der Waals surface area contributed by atoms with Gasteiger partial charge in [-0.15, -0.1) is 0 Å². The molecule has 5 nitrogen and oxygen atoms in total. The molecule has 0 heterocycles. The molecule has 1 atom stereocenters. The van der Waals surface area contributed by atoms with Crippen LogP contribution in [0.2, 0.25) is 0 Å². The average molecular weight is 345 g/mol. The zero-order chi connectivity index (χ0) is 15.1. The van der Waals surface area contributed by atoms with Gasteiger partial charge in [-0.05, 0) is 37.5 Å². The first kappa shape index (κ1) is 16.8. The molecule has 0 saturated heterocycles. The highest BCUT2D eigenvalue weighted by atomic mass is 79.9. The minimum absolute atomic E-state index is 0.0400. The molecule has 0 radical (unpaired) electrons. The van der Waals surface area contributed by atoms with E-state index >= 15 is 0 Å². The molecule has 0 aliphatic carbocycles. The van der Waals surface area contributed by atoms with E-state index in [4.69, 9.17) is 9.84 Å². The van der Waals surface area contributed by atoms with Crippen molar-refractivity contribution in [2.24, 2.45) is 0 Å². The zero-order valence-electron chi connectivity index (χ0n) is 12.0. The minimum atomic E-state index is -0.297. The van der Waals surface area contributed by atoms with Gasteiger partial charge in [-0.25, -0.2) is 4.79 Å². The van der Waals surface area contributed by atoms with Crippen LogP contribution in [-0.4, -0.2) is 30.9 Å². The number of amides is 2. The predicted molar refractivity (Wildman–Crippen MR) is 83.4 cm³/mol. The van der Waals surface area contributed by atoms with Crippen molar-refractivity contribution in [3.63, 3.8) is 0 Å². The number of anilines is 1. The molecule has 0 fully saturated rings. The van der Waals surface area contributed by atoms with E-state index in [1.807, 2.05) is 19.9 Å². The van der Waals surface area contributed by atoms with Gasteiger partial charge in [-0.3, -0.25) is 0 Å². The summed E-state index contributed by atoms with van der Waals surface area (Å²) in [6.45, 7) is 3.92. The fourth-order valence-corrected chi connectivity index (χ4v) is 2.45. The van der Waals surface area contributed by atoms with Crippen LogP contribution in [0, 0.1) is 6.92 Å². The quantitative estimate of drug-likeness (QED) is 0.742. The molecule has 0 bridgehead atoms. The zero-order valence-corrected chi connectivity index (χ0v) is 13.6. The maximum Gasteiger partial charge on any atom is 0.319 e. The first-order chi connectivity index (χ1) is 9.51. The van der Waals surface area contributed by atoms with Gasteiger partial charge >= 0.3 is 6.03 Å². The van der Waals surface area contributed by atoms with Crippen LogP contribution < -0.4 is 15.4 Å². The molecule has 0 aliphatic heterocycles. The van der Waals surface area contributed by atoms with Gasteiger partial charge in [0, 0.05) is 17.1 Å². The number of nitrogens with one attached hydrogen (secondary N) is 2. The smallest absolute Gasteiger partial charge is 0.319 e. The minimum Gasteiger partial charge on any atom is -0.495 e. The second kappa shape index (κ2) is 8.11. The normalized spacial score (nSPS) is 11.8. The summed E-state index contributed by atoms with van der Waals surface area (Å²) in [5.41, 5.74) is 1.55. The predicted octanol–water partition coefficient (Wildman–Crippen LogP) is 3.05. The van der Waals surface area contributed by atoms with Crippen LogP contribution in [0.4, 0.5) is 10.5 Å². The number of ether oxygens (including phenoxy) is 1. The van der Waals surface area contributed by atoms with E-state index < -0.39 is 0 Å². The summed E-state index contributed by atoms with van der Waals surface area (Å²) < 4.78 is 6.17. The molecular formula is C14H21BrN2O3. The molecule has 0 spiro atoms. The van der Waals surface area contributed by atoms with Gasteiger partial charge in [0.1, 0.15) is 5.75 Å². The molecule has 6 heteroatoms. The Bertz CT molecular complexity index is 466. The maximum atomic E-state index is 12.0. The fraction of sp³-hybridized carbons (Fsp3) is 0.500. The molecule has 3 N–H and O–H groups in total. The molecule has 0 aliphatic rings. The van der Waals surface area contributed by atoms with E-state index in [0.29, 0.717) is 17.9 Å². The Morgan fingerprint density at radius 2 is 2.20 bits per heavy atom. The number of urea groups is 1. The summed E-state index contributed by atoms with van der Waals surface area (Å²) in [4.78, 5) is 12.0. The molecule has 2 amide bonds. The maximum absolute atomic E-state index is 12.0. The number of hydrogen-bond acceptors (Lipinski definition) is 3. The van der Waals surface area contributed by atoms with Crippen molar-refractivity contribution in [3.8, 4) is 5.75 Å². The number of benzene rings is 1. The highest BCUT2D eigenvalue weighted by Gasteiger charge is 2.14. The third-order valence-electron chi connectivity index (χ3n) is 3.03. The first-order valence-corrected chi connectivity index (χ1v) is 7.33. The van der Waals surface area contributed by atoms with Crippen LogP contribution in [0.5, 0.6) is 5.75 Å². The van der Waals surface area contributed by atoms with Gasteiger partial charge in [0.2, 0.25) is 0 Å². The number of aryl methyl sites for hydroxylation is 1. The Labute approximate surface area is 127 Å². The Morgan fingerprint density at radius 1 is 1.50 bits per heavy atom. The number of aliphatic hydroxyl groups is 1. The highest BCUT2D eigenvalue weighted by molar-refractivity contribution is 9.10. The molecule has 20 heavy (non-hydrogen) atoms. The lowest BCUT2D eigenvalue weighted by molar-refractivity contribution is 0.237. The molecule has 112 valence electrons.